The van der Waals surface area contributed by atoms with Crippen molar-refractivity contribution in [2.75, 3.05) is 50.6 Å². The second-order valence-corrected chi connectivity index (χ2v) is 5.96. The summed E-state index contributed by atoms with van der Waals surface area (Å²) >= 11 is 0. The number of para-hydroxylation sites is 2. The van der Waals surface area contributed by atoms with Crippen molar-refractivity contribution < 1.29 is 13.9 Å². The van der Waals surface area contributed by atoms with Crippen molar-refractivity contribution in [3.05, 3.63) is 47.9 Å². The van der Waals surface area contributed by atoms with E-state index in [1.165, 1.54) is 0 Å². The molecule has 2 heterocycles. The minimum Gasteiger partial charge on any atom is -0.453 e. The van der Waals surface area contributed by atoms with Crippen molar-refractivity contribution in [1.82, 2.24) is 4.90 Å². The SMILES string of the molecule is COCc1ccc(C(=O)Nc2ccccc2N2CCN(C)CC2)o1. The van der Waals surface area contributed by atoms with Gasteiger partial charge in [0.1, 0.15) is 12.4 Å². The van der Waals surface area contributed by atoms with E-state index in [-0.39, 0.29) is 11.7 Å². The Morgan fingerprint density at radius 2 is 1.92 bits per heavy atom. The average Bonchev–Trinajstić information content (AvgIpc) is 3.05. The van der Waals surface area contributed by atoms with Gasteiger partial charge in [-0.05, 0) is 31.3 Å². The number of anilines is 2. The lowest BCUT2D eigenvalue weighted by molar-refractivity contribution is 0.0987. The lowest BCUT2D eigenvalue weighted by Gasteiger charge is -2.35. The molecule has 128 valence electrons. The lowest BCUT2D eigenvalue weighted by Crippen LogP contribution is -2.44. The summed E-state index contributed by atoms with van der Waals surface area (Å²) in [6.07, 6.45) is 0. The van der Waals surface area contributed by atoms with Gasteiger partial charge in [-0.25, -0.2) is 0 Å². The zero-order valence-electron chi connectivity index (χ0n) is 14.1. The Kier molecular flexibility index (Phi) is 5.17. The Labute approximate surface area is 142 Å². The third-order valence-electron chi connectivity index (χ3n) is 4.17. The number of hydrogen-bond acceptors (Lipinski definition) is 5. The number of piperazine rings is 1. The number of rotatable bonds is 5. The Balaban J connectivity index is 1.73. The van der Waals surface area contributed by atoms with Gasteiger partial charge in [0, 0.05) is 33.3 Å². The highest BCUT2D eigenvalue weighted by Gasteiger charge is 2.19. The number of amides is 1. The number of ether oxygens (including phenoxy) is 1. The third-order valence-corrected chi connectivity index (χ3v) is 4.17. The molecule has 1 aromatic heterocycles. The first kappa shape index (κ1) is 16.5. The molecule has 1 fully saturated rings. The molecule has 0 atom stereocenters. The van der Waals surface area contributed by atoms with Crippen LogP contribution in [0.2, 0.25) is 0 Å². The van der Waals surface area contributed by atoms with E-state index in [0.717, 1.165) is 37.6 Å². The second kappa shape index (κ2) is 7.51. The summed E-state index contributed by atoms with van der Waals surface area (Å²) in [6.45, 7) is 4.27. The normalized spacial score (nSPS) is 15.5. The Morgan fingerprint density at radius 3 is 2.67 bits per heavy atom. The number of carbonyl (C=O) groups is 1. The molecule has 24 heavy (non-hydrogen) atoms. The monoisotopic (exact) mass is 329 g/mol. The maximum atomic E-state index is 12.4. The molecule has 1 aliphatic rings. The first-order chi connectivity index (χ1) is 11.7. The Bertz CT molecular complexity index is 690. The van der Waals surface area contributed by atoms with E-state index in [4.69, 9.17) is 9.15 Å². The molecule has 6 nitrogen and oxygen atoms in total. The first-order valence-electron chi connectivity index (χ1n) is 8.09. The highest BCUT2D eigenvalue weighted by Crippen LogP contribution is 2.27. The molecule has 0 bridgehead atoms. The molecule has 2 aromatic rings. The summed E-state index contributed by atoms with van der Waals surface area (Å²) in [4.78, 5) is 17.0. The first-order valence-corrected chi connectivity index (χ1v) is 8.09. The van der Waals surface area contributed by atoms with Gasteiger partial charge >= 0.3 is 0 Å². The van der Waals surface area contributed by atoms with Crippen molar-refractivity contribution in [3.8, 4) is 0 Å². The number of furan rings is 1. The molecule has 1 amide bonds. The molecule has 6 heteroatoms. The third kappa shape index (κ3) is 3.77. The highest BCUT2D eigenvalue weighted by molar-refractivity contribution is 6.04. The number of nitrogens with one attached hydrogen (secondary N) is 1. The van der Waals surface area contributed by atoms with E-state index in [2.05, 4.69) is 22.2 Å². The van der Waals surface area contributed by atoms with Gasteiger partial charge in [0.25, 0.3) is 5.91 Å². The van der Waals surface area contributed by atoms with Gasteiger partial charge in [-0.15, -0.1) is 0 Å². The fourth-order valence-corrected chi connectivity index (χ4v) is 2.81. The molecule has 0 radical (unpaired) electrons. The zero-order chi connectivity index (χ0) is 16.9. The lowest BCUT2D eigenvalue weighted by atomic mass is 10.2. The summed E-state index contributed by atoms with van der Waals surface area (Å²) in [7, 11) is 3.72. The van der Waals surface area contributed by atoms with E-state index in [1.807, 2.05) is 24.3 Å². The fourth-order valence-electron chi connectivity index (χ4n) is 2.81. The standard InChI is InChI=1S/C18H23N3O3/c1-20-9-11-21(12-10-20)16-6-4-3-5-15(16)19-18(22)17-8-7-14(24-17)13-23-2/h3-8H,9-13H2,1-2H3,(H,19,22). The van der Waals surface area contributed by atoms with Crippen LogP contribution in [0, 0.1) is 0 Å². The minimum atomic E-state index is -0.251. The molecular formula is C18H23N3O3. The predicted molar refractivity (Wildman–Crippen MR) is 93.5 cm³/mol. The highest BCUT2D eigenvalue weighted by atomic mass is 16.5. The molecule has 1 aliphatic heterocycles. The van der Waals surface area contributed by atoms with E-state index in [1.54, 1.807) is 19.2 Å². The van der Waals surface area contributed by atoms with Gasteiger partial charge in [0.2, 0.25) is 0 Å². The molecule has 0 saturated carbocycles. The largest absolute Gasteiger partial charge is 0.453 e. The van der Waals surface area contributed by atoms with Crippen molar-refractivity contribution in [1.29, 1.82) is 0 Å². The number of hydrogen-bond donors (Lipinski definition) is 1. The topological polar surface area (TPSA) is 58.0 Å². The summed E-state index contributed by atoms with van der Waals surface area (Å²) in [5.41, 5.74) is 1.85. The quantitative estimate of drug-likeness (QED) is 0.913. The number of benzene rings is 1. The number of methoxy groups -OCH3 is 1. The number of nitrogens with zero attached hydrogens (tertiary/aromatic N) is 2. The van der Waals surface area contributed by atoms with Crippen LogP contribution in [0.1, 0.15) is 16.3 Å². The molecule has 0 spiro atoms. The van der Waals surface area contributed by atoms with Crippen molar-refractivity contribution >= 4 is 17.3 Å². The van der Waals surface area contributed by atoms with Crippen LogP contribution in [0.25, 0.3) is 0 Å². The second-order valence-electron chi connectivity index (χ2n) is 5.96. The summed E-state index contributed by atoms with van der Waals surface area (Å²) < 4.78 is 10.5. The fraction of sp³-hybridized carbons (Fsp3) is 0.389. The summed E-state index contributed by atoms with van der Waals surface area (Å²) in [5.74, 6) is 0.671. The summed E-state index contributed by atoms with van der Waals surface area (Å²) in [5, 5.41) is 2.96. The smallest absolute Gasteiger partial charge is 0.291 e. The van der Waals surface area contributed by atoms with Crippen LogP contribution in [0.4, 0.5) is 11.4 Å². The molecular weight excluding hydrogens is 306 g/mol. The van der Waals surface area contributed by atoms with E-state index < -0.39 is 0 Å². The van der Waals surface area contributed by atoms with Crippen LogP contribution in [-0.4, -0.2) is 51.1 Å². The Hall–Kier alpha value is -2.31. The van der Waals surface area contributed by atoms with Crippen LogP contribution < -0.4 is 10.2 Å². The maximum Gasteiger partial charge on any atom is 0.291 e. The van der Waals surface area contributed by atoms with E-state index >= 15 is 0 Å². The van der Waals surface area contributed by atoms with Crippen LogP contribution >= 0.6 is 0 Å². The Morgan fingerprint density at radius 1 is 1.17 bits per heavy atom. The van der Waals surface area contributed by atoms with Crippen LogP contribution in [0.5, 0.6) is 0 Å². The van der Waals surface area contributed by atoms with Crippen LogP contribution in [-0.2, 0) is 11.3 Å². The van der Waals surface area contributed by atoms with E-state index in [0.29, 0.717) is 12.4 Å². The molecule has 0 unspecified atom stereocenters. The number of carbonyl (C=O) groups excluding carboxylic acids is 1. The van der Waals surface area contributed by atoms with Crippen LogP contribution in [0.3, 0.4) is 0 Å². The molecule has 1 saturated heterocycles. The maximum absolute atomic E-state index is 12.4. The minimum absolute atomic E-state index is 0.251. The van der Waals surface area contributed by atoms with Gasteiger partial charge in [-0.3, -0.25) is 4.79 Å². The van der Waals surface area contributed by atoms with Gasteiger partial charge in [0.15, 0.2) is 5.76 Å². The molecule has 1 N–H and O–H groups in total. The van der Waals surface area contributed by atoms with Crippen LogP contribution in [0.15, 0.2) is 40.8 Å². The van der Waals surface area contributed by atoms with Crippen molar-refractivity contribution in [3.63, 3.8) is 0 Å². The molecule has 1 aromatic carbocycles. The van der Waals surface area contributed by atoms with Gasteiger partial charge in [-0.1, -0.05) is 12.1 Å². The van der Waals surface area contributed by atoms with Gasteiger partial charge < -0.3 is 24.3 Å². The van der Waals surface area contributed by atoms with Gasteiger partial charge in [0.05, 0.1) is 11.4 Å². The van der Waals surface area contributed by atoms with Crippen molar-refractivity contribution in [2.24, 2.45) is 0 Å². The predicted octanol–water partition coefficient (Wildman–Crippen LogP) is 2.43. The molecule has 0 aliphatic carbocycles. The summed E-state index contributed by atoms with van der Waals surface area (Å²) in [6, 6.07) is 11.3. The zero-order valence-corrected chi connectivity index (χ0v) is 14.1. The van der Waals surface area contributed by atoms with E-state index in [9.17, 15) is 4.79 Å². The number of likely N-dealkylation sites (N-methyl/N-ethyl adjacent to an activating group) is 1. The van der Waals surface area contributed by atoms with Gasteiger partial charge in [-0.2, -0.15) is 0 Å². The average molecular weight is 329 g/mol. The van der Waals surface area contributed by atoms with Crippen molar-refractivity contribution in [2.45, 2.75) is 6.61 Å². The molecule has 3 rings (SSSR count).